The third-order valence-corrected chi connectivity index (χ3v) is 4.37. The summed E-state index contributed by atoms with van der Waals surface area (Å²) >= 11 is 0. The molecule has 1 aromatic heterocycles. The molecule has 27 heavy (non-hydrogen) atoms. The molecule has 7 nitrogen and oxygen atoms in total. The lowest BCUT2D eigenvalue weighted by Crippen LogP contribution is -2.46. The van der Waals surface area contributed by atoms with E-state index in [0.717, 1.165) is 11.3 Å². The number of amides is 2. The lowest BCUT2D eigenvalue weighted by atomic mass is 10.1. The molecule has 3 rings (SSSR count). The number of nitrogens with one attached hydrogen (secondary N) is 2. The molecule has 142 valence electrons. The number of anilines is 1. The van der Waals surface area contributed by atoms with E-state index >= 15 is 0 Å². The van der Waals surface area contributed by atoms with Crippen LogP contribution in [0.1, 0.15) is 18.0 Å². The summed E-state index contributed by atoms with van der Waals surface area (Å²) in [6, 6.07) is 12.6. The summed E-state index contributed by atoms with van der Waals surface area (Å²) in [5.74, 6) is -0.261. The van der Waals surface area contributed by atoms with Crippen LogP contribution in [0.15, 0.2) is 54.9 Å². The number of hydrogen-bond donors (Lipinski definition) is 2. The summed E-state index contributed by atoms with van der Waals surface area (Å²) in [6.45, 7) is 2.84. The Kier molecular flexibility index (Phi) is 6.90. The van der Waals surface area contributed by atoms with Gasteiger partial charge in [0.1, 0.15) is 6.04 Å². The number of hydrogen-bond acceptors (Lipinski definition) is 5. The number of morpholine rings is 1. The van der Waals surface area contributed by atoms with Gasteiger partial charge in [0.05, 0.1) is 13.2 Å². The van der Waals surface area contributed by atoms with Crippen LogP contribution in [0.25, 0.3) is 0 Å². The quantitative estimate of drug-likeness (QED) is 0.776. The van der Waals surface area contributed by atoms with Crippen molar-refractivity contribution in [3.63, 3.8) is 0 Å². The number of rotatable bonds is 7. The molecule has 2 heterocycles. The minimum atomic E-state index is -0.431. The Bertz CT molecular complexity index is 733. The molecule has 0 aliphatic carbocycles. The van der Waals surface area contributed by atoms with Crippen LogP contribution in [0.3, 0.4) is 0 Å². The molecule has 1 unspecified atom stereocenters. The van der Waals surface area contributed by atoms with Gasteiger partial charge in [0.25, 0.3) is 0 Å². The first-order valence-electron chi connectivity index (χ1n) is 9.08. The Morgan fingerprint density at radius 3 is 2.59 bits per heavy atom. The Labute approximate surface area is 158 Å². The highest BCUT2D eigenvalue weighted by molar-refractivity contribution is 5.91. The lowest BCUT2D eigenvalue weighted by Gasteiger charge is -2.33. The molecule has 1 saturated heterocycles. The fourth-order valence-corrected chi connectivity index (χ4v) is 3.04. The molecule has 1 aromatic carbocycles. The number of carbonyl (C=O) groups excluding carboxylic acids is 2. The number of aromatic nitrogens is 1. The second-order valence-electron chi connectivity index (χ2n) is 6.29. The summed E-state index contributed by atoms with van der Waals surface area (Å²) < 4.78 is 5.39. The third-order valence-electron chi connectivity index (χ3n) is 4.37. The van der Waals surface area contributed by atoms with Crippen molar-refractivity contribution in [2.24, 2.45) is 0 Å². The summed E-state index contributed by atoms with van der Waals surface area (Å²) in [7, 11) is 0. The summed E-state index contributed by atoms with van der Waals surface area (Å²) in [4.78, 5) is 31.1. The molecule has 1 aliphatic heterocycles. The molecule has 0 spiro atoms. The Balaban J connectivity index is 1.55. The van der Waals surface area contributed by atoms with Crippen LogP contribution in [-0.4, -0.2) is 54.5 Å². The number of pyridine rings is 1. The number of carbonyl (C=O) groups is 2. The zero-order chi connectivity index (χ0) is 18.9. The first-order chi connectivity index (χ1) is 13.2. The van der Waals surface area contributed by atoms with Gasteiger partial charge in [-0.25, -0.2) is 0 Å². The van der Waals surface area contributed by atoms with Crippen molar-refractivity contribution in [2.75, 3.05) is 38.2 Å². The normalized spacial score (nSPS) is 15.7. The first kappa shape index (κ1) is 19.0. The van der Waals surface area contributed by atoms with Crippen molar-refractivity contribution >= 4 is 17.5 Å². The second kappa shape index (κ2) is 9.80. The predicted molar refractivity (Wildman–Crippen MR) is 102 cm³/mol. The maximum Gasteiger partial charge on any atom is 0.242 e. The molecule has 2 aromatic rings. The molecule has 2 N–H and O–H groups in total. The Morgan fingerprint density at radius 1 is 1.11 bits per heavy atom. The molecule has 1 atom stereocenters. The van der Waals surface area contributed by atoms with Crippen LogP contribution < -0.4 is 10.6 Å². The van der Waals surface area contributed by atoms with Crippen LogP contribution in [0.2, 0.25) is 0 Å². The predicted octanol–water partition coefficient (Wildman–Crippen LogP) is 1.60. The van der Waals surface area contributed by atoms with Crippen LogP contribution in [0.4, 0.5) is 5.69 Å². The SMILES string of the molecule is O=C(CCNC(=O)C(c1cccnc1)N1CCOCC1)Nc1ccccc1. The molecule has 1 aliphatic rings. The fraction of sp³-hybridized carbons (Fsp3) is 0.350. The standard InChI is InChI=1S/C20H24N4O3/c25-18(23-17-6-2-1-3-7-17)8-10-22-20(26)19(16-5-4-9-21-15-16)24-11-13-27-14-12-24/h1-7,9,15,19H,8,10-14H2,(H,22,26)(H,23,25). The first-order valence-corrected chi connectivity index (χ1v) is 9.08. The molecule has 7 heteroatoms. The summed E-state index contributed by atoms with van der Waals surface area (Å²) in [5.41, 5.74) is 1.58. The van der Waals surface area contributed by atoms with E-state index in [9.17, 15) is 9.59 Å². The van der Waals surface area contributed by atoms with E-state index < -0.39 is 6.04 Å². The van der Waals surface area contributed by atoms with Crippen LogP contribution in [0, 0.1) is 0 Å². The lowest BCUT2D eigenvalue weighted by molar-refractivity contribution is -0.128. The minimum Gasteiger partial charge on any atom is -0.379 e. The van der Waals surface area contributed by atoms with Gasteiger partial charge in [-0.05, 0) is 23.8 Å². The Hall–Kier alpha value is -2.77. The highest BCUT2D eigenvalue weighted by atomic mass is 16.5. The zero-order valence-electron chi connectivity index (χ0n) is 15.1. The topological polar surface area (TPSA) is 83.6 Å². The molecule has 2 amide bonds. The molecular weight excluding hydrogens is 344 g/mol. The zero-order valence-corrected chi connectivity index (χ0v) is 15.1. The van der Waals surface area contributed by atoms with Gasteiger partial charge in [-0.1, -0.05) is 24.3 Å². The molecule has 0 saturated carbocycles. The van der Waals surface area contributed by atoms with Gasteiger partial charge >= 0.3 is 0 Å². The van der Waals surface area contributed by atoms with Gasteiger partial charge in [0.2, 0.25) is 11.8 Å². The molecule has 0 bridgehead atoms. The number of benzene rings is 1. The van der Waals surface area contributed by atoms with E-state index in [1.54, 1.807) is 12.4 Å². The largest absolute Gasteiger partial charge is 0.379 e. The average Bonchev–Trinajstić information content (AvgIpc) is 2.70. The third kappa shape index (κ3) is 5.60. The van der Waals surface area contributed by atoms with E-state index in [0.29, 0.717) is 26.3 Å². The van der Waals surface area contributed by atoms with Gasteiger partial charge in [0, 0.05) is 44.1 Å². The smallest absolute Gasteiger partial charge is 0.242 e. The van der Waals surface area contributed by atoms with E-state index in [-0.39, 0.29) is 24.8 Å². The van der Waals surface area contributed by atoms with E-state index in [1.807, 2.05) is 42.5 Å². The van der Waals surface area contributed by atoms with E-state index in [2.05, 4.69) is 20.5 Å². The second-order valence-corrected chi connectivity index (χ2v) is 6.29. The summed E-state index contributed by atoms with van der Waals surface area (Å²) in [5, 5.41) is 5.70. The van der Waals surface area contributed by atoms with Crippen molar-refractivity contribution in [2.45, 2.75) is 12.5 Å². The Morgan fingerprint density at radius 2 is 1.89 bits per heavy atom. The molecule has 0 radical (unpaired) electrons. The van der Waals surface area contributed by atoms with Gasteiger partial charge in [-0.15, -0.1) is 0 Å². The fourth-order valence-electron chi connectivity index (χ4n) is 3.04. The number of nitrogens with zero attached hydrogens (tertiary/aromatic N) is 2. The number of ether oxygens (including phenoxy) is 1. The van der Waals surface area contributed by atoms with Gasteiger partial charge in [-0.3, -0.25) is 19.5 Å². The van der Waals surface area contributed by atoms with Gasteiger partial charge < -0.3 is 15.4 Å². The van der Waals surface area contributed by atoms with Crippen LogP contribution in [-0.2, 0) is 14.3 Å². The van der Waals surface area contributed by atoms with Crippen LogP contribution >= 0.6 is 0 Å². The highest BCUT2D eigenvalue weighted by Crippen LogP contribution is 2.21. The number of para-hydroxylation sites is 1. The van der Waals surface area contributed by atoms with Crippen molar-refractivity contribution in [3.05, 3.63) is 60.4 Å². The summed E-state index contributed by atoms with van der Waals surface area (Å²) in [6.07, 6.45) is 3.61. The monoisotopic (exact) mass is 368 g/mol. The minimum absolute atomic E-state index is 0.127. The molecule has 1 fully saturated rings. The highest BCUT2D eigenvalue weighted by Gasteiger charge is 2.29. The van der Waals surface area contributed by atoms with Crippen molar-refractivity contribution < 1.29 is 14.3 Å². The van der Waals surface area contributed by atoms with Gasteiger partial charge in [-0.2, -0.15) is 0 Å². The maximum atomic E-state index is 12.8. The maximum absolute atomic E-state index is 12.8. The van der Waals surface area contributed by atoms with Crippen molar-refractivity contribution in [3.8, 4) is 0 Å². The van der Waals surface area contributed by atoms with Crippen molar-refractivity contribution in [1.29, 1.82) is 0 Å². The molecular formula is C20H24N4O3. The average molecular weight is 368 g/mol. The van der Waals surface area contributed by atoms with Gasteiger partial charge in [0.15, 0.2) is 0 Å². The van der Waals surface area contributed by atoms with Crippen molar-refractivity contribution in [1.82, 2.24) is 15.2 Å². The van der Waals surface area contributed by atoms with Crippen LogP contribution in [0.5, 0.6) is 0 Å². The van der Waals surface area contributed by atoms with E-state index in [1.165, 1.54) is 0 Å². The van der Waals surface area contributed by atoms with E-state index in [4.69, 9.17) is 4.74 Å².